The Bertz CT molecular complexity index is 800. The second-order valence-corrected chi connectivity index (χ2v) is 8.31. The fourth-order valence-corrected chi connectivity index (χ4v) is 3.73. The van der Waals surface area contributed by atoms with E-state index in [1.165, 1.54) is 23.1 Å². The highest BCUT2D eigenvalue weighted by atomic mass is 32.2. The second kappa shape index (κ2) is 7.04. The van der Waals surface area contributed by atoms with E-state index in [-0.39, 0.29) is 6.04 Å². The van der Waals surface area contributed by atoms with Gasteiger partial charge < -0.3 is 0 Å². The van der Waals surface area contributed by atoms with Crippen molar-refractivity contribution in [3.63, 3.8) is 0 Å². The normalized spacial score (nSPS) is 18.5. The maximum atomic E-state index is 11.3. The molecule has 0 saturated carbocycles. The summed E-state index contributed by atoms with van der Waals surface area (Å²) in [4.78, 5) is 2.41. The standard InChI is InChI=1S/C17H24N4O2S/c1-14-5-3-4-6-15(14)11-20-12-16-7-9-18-21(16)17(13-20)8-10-19-24(2,22)23/h3-7,9,17,19H,8,10-13H2,1-2H3/t17-/m0/s1. The maximum Gasteiger partial charge on any atom is 0.208 e. The van der Waals surface area contributed by atoms with E-state index in [4.69, 9.17) is 0 Å². The molecule has 0 bridgehead atoms. The zero-order valence-corrected chi connectivity index (χ0v) is 15.0. The predicted molar refractivity (Wildman–Crippen MR) is 94.0 cm³/mol. The molecule has 1 aliphatic heterocycles. The summed E-state index contributed by atoms with van der Waals surface area (Å²) in [6.07, 6.45) is 3.74. The van der Waals surface area contributed by atoms with Crippen LogP contribution in [0.15, 0.2) is 36.5 Å². The molecule has 1 aliphatic rings. The first-order valence-electron chi connectivity index (χ1n) is 8.16. The van der Waals surface area contributed by atoms with Crippen molar-refractivity contribution < 1.29 is 8.42 Å². The van der Waals surface area contributed by atoms with Crippen molar-refractivity contribution in [2.75, 3.05) is 19.3 Å². The monoisotopic (exact) mass is 348 g/mol. The van der Waals surface area contributed by atoms with Crippen LogP contribution in [0.1, 0.15) is 29.3 Å². The molecule has 2 heterocycles. The average Bonchev–Trinajstić information content (AvgIpc) is 2.97. The Balaban J connectivity index is 1.70. The average molecular weight is 348 g/mol. The van der Waals surface area contributed by atoms with Gasteiger partial charge in [0.05, 0.1) is 18.0 Å². The van der Waals surface area contributed by atoms with Crippen LogP contribution < -0.4 is 4.72 Å². The second-order valence-electron chi connectivity index (χ2n) is 6.47. The summed E-state index contributed by atoms with van der Waals surface area (Å²) in [6.45, 7) is 5.20. The first-order chi connectivity index (χ1) is 11.4. The Labute approximate surface area is 143 Å². The molecule has 6 nitrogen and oxygen atoms in total. The van der Waals surface area contributed by atoms with Crippen molar-refractivity contribution in [3.8, 4) is 0 Å². The van der Waals surface area contributed by atoms with Crippen molar-refractivity contribution in [1.29, 1.82) is 0 Å². The van der Waals surface area contributed by atoms with Crippen LogP contribution in [0, 0.1) is 6.92 Å². The number of nitrogens with zero attached hydrogens (tertiary/aromatic N) is 3. The molecule has 1 atom stereocenters. The molecule has 1 aromatic carbocycles. The van der Waals surface area contributed by atoms with Gasteiger partial charge >= 0.3 is 0 Å². The molecular weight excluding hydrogens is 324 g/mol. The summed E-state index contributed by atoms with van der Waals surface area (Å²) >= 11 is 0. The molecule has 7 heteroatoms. The van der Waals surface area contributed by atoms with Crippen molar-refractivity contribution >= 4 is 10.0 Å². The van der Waals surface area contributed by atoms with E-state index < -0.39 is 10.0 Å². The molecule has 0 spiro atoms. The number of aryl methyl sites for hydroxylation is 1. The summed E-state index contributed by atoms with van der Waals surface area (Å²) in [5.41, 5.74) is 3.81. The zero-order chi connectivity index (χ0) is 17.2. The number of sulfonamides is 1. The van der Waals surface area contributed by atoms with Gasteiger partial charge in [-0.15, -0.1) is 0 Å². The van der Waals surface area contributed by atoms with E-state index >= 15 is 0 Å². The molecule has 130 valence electrons. The molecule has 24 heavy (non-hydrogen) atoms. The lowest BCUT2D eigenvalue weighted by molar-refractivity contribution is 0.162. The van der Waals surface area contributed by atoms with Crippen LogP contribution >= 0.6 is 0 Å². The smallest absolute Gasteiger partial charge is 0.208 e. The maximum absolute atomic E-state index is 11.3. The largest absolute Gasteiger partial charge is 0.291 e. The van der Waals surface area contributed by atoms with Gasteiger partial charge in [0.15, 0.2) is 0 Å². The van der Waals surface area contributed by atoms with Crippen LogP contribution in [0.3, 0.4) is 0 Å². The van der Waals surface area contributed by atoms with E-state index in [0.717, 1.165) is 26.1 Å². The number of aromatic nitrogens is 2. The van der Waals surface area contributed by atoms with E-state index in [9.17, 15) is 8.42 Å². The minimum absolute atomic E-state index is 0.182. The lowest BCUT2D eigenvalue weighted by Crippen LogP contribution is -2.39. The van der Waals surface area contributed by atoms with Gasteiger partial charge in [0.25, 0.3) is 0 Å². The molecule has 3 rings (SSSR count). The van der Waals surface area contributed by atoms with Crippen LogP contribution in [0.25, 0.3) is 0 Å². The highest BCUT2D eigenvalue weighted by Crippen LogP contribution is 2.24. The Hall–Kier alpha value is -1.70. The molecule has 1 N–H and O–H groups in total. The number of benzene rings is 1. The number of rotatable bonds is 6. The first kappa shape index (κ1) is 17.1. The van der Waals surface area contributed by atoms with Gasteiger partial charge in [0, 0.05) is 32.4 Å². The number of hydrogen-bond donors (Lipinski definition) is 1. The highest BCUT2D eigenvalue weighted by molar-refractivity contribution is 7.88. The van der Waals surface area contributed by atoms with E-state index in [1.807, 2.05) is 16.9 Å². The van der Waals surface area contributed by atoms with Crippen LogP contribution in [0.4, 0.5) is 0 Å². The third kappa shape index (κ3) is 4.23. The van der Waals surface area contributed by atoms with Crippen LogP contribution in [-0.4, -0.2) is 42.4 Å². The highest BCUT2D eigenvalue weighted by Gasteiger charge is 2.25. The van der Waals surface area contributed by atoms with Gasteiger partial charge in [0.1, 0.15) is 0 Å². The van der Waals surface area contributed by atoms with E-state index in [0.29, 0.717) is 6.54 Å². The summed E-state index contributed by atoms with van der Waals surface area (Å²) in [7, 11) is -3.15. The molecule has 0 amide bonds. The summed E-state index contributed by atoms with van der Waals surface area (Å²) in [5.74, 6) is 0. The van der Waals surface area contributed by atoms with Gasteiger partial charge in [-0.25, -0.2) is 13.1 Å². The molecule has 0 unspecified atom stereocenters. The predicted octanol–water partition coefficient (Wildman–Crippen LogP) is 1.69. The Morgan fingerprint density at radius 2 is 2.08 bits per heavy atom. The third-order valence-corrected chi connectivity index (χ3v) is 5.18. The van der Waals surface area contributed by atoms with Gasteiger partial charge in [-0.05, 0) is 30.5 Å². The van der Waals surface area contributed by atoms with Crippen molar-refractivity contribution in [1.82, 2.24) is 19.4 Å². The lowest BCUT2D eigenvalue weighted by Gasteiger charge is -2.34. The van der Waals surface area contributed by atoms with Gasteiger partial charge in [0.2, 0.25) is 10.0 Å². The molecule has 2 aromatic rings. The number of fused-ring (bicyclic) bond motifs is 1. The molecule has 0 fully saturated rings. The molecule has 0 radical (unpaired) electrons. The number of nitrogens with one attached hydrogen (secondary N) is 1. The third-order valence-electron chi connectivity index (χ3n) is 4.45. The fraction of sp³-hybridized carbons (Fsp3) is 0.471. The zero-order valence-electron chi connectivity index (χ0n) is 14.1. The molecule has 0 aliphatic carbocycles. The van der Waals surface area contributed by atoms with Crippen LogP contribution in [0.5, 0.6) is 0 Å². The van der Waals surface area contributed by atoms with Gasteiger partial charge in [-0.1, -0.05) is 24.3 Å². The van der Waals surface area contributed by atoms with Crippen molar-refractivity contribution in [2.24, 2.45) is 0 Å². The van der Waals surface area contributed by atoms with Gasteiger partial charge in [-0.2, -0.15) is 5.10 Å². The minimum Gasteiger partial charge on any atom is -0.291 e. The molecule has 1 aromatic heterocycles. The fourth-order valence-electron chi connectivity index (χ4n) is 3.24. The minimum atomic E-state index is -3.15. The Morgan fingerprint density at radius 3 is 2.83 bits per heavy atom. The quantitative estimate of drug-likeness (QED) is 0.863. The SMILES string of the molecule is Cc1ccccc1CN1Cc2ccnn2[C@@H](CCNS(C)(=O)=O)C1. The molecular formula is C17H24N4O2S. The lowest BCUT2D eigenvalue weighted by atomic mass is 10.1. The number of hydrogen-bond acceptors (Lipinski definition) is 4. The Kier molecular flexibility index (Phi) is 5.03. The van der Waals surface area contributed by atoms with Crippen molar-refractivity contribution in [3.05, 3.63) is 53.3 Å². The topological polar surface area (TPSA) is 67.2 Å². The molecule has 0 saturated heterocycles. The summed E-state index contributed by atoms with van der Waals surface area (Å²) in [5, 5.41) is 4.43. The van der Waals surface area contributed by atoms with Crippen LogP contribution in [-0.2, 0) is 23.1 Å². The van der Waals surface area contributed by atoms with Crippen LogP contribution in [0.2, 0.25) is 0 Å². The first-order valence-corrected chi connectivity index (χ1v) is 10.1. The summed E-state index contributed by atoms with van der Waals surface area (Å²) < 4.78 is 27.2. The summed E-state index contributed by atoms with van der Waals surface area (Å²) in [6, 6.07) is 10.7. The van der Waals surface area contributed by atoms with E-state index in [2.05, 4.69) is 45.9 Å². The Morgan fingerprint density at radius 1 is 1.29 bits per heavy atom. The van der Waals surface area contributed by atoms with E-state index in [1.54, 1.807) is 0 Å². The van der Waals surface area contributed by atoms with Gasteiger partial charge in [-0.3, -0.25) is 9.58 Å². The van der Waals surface area contributed by atoms with Crippen molar-refractivity contribution in [2.45, 2.75) is 32.5 Å².